The van der Waals surface area contributed by atoms with Gasteiger partial charge in [0.15, 0.2) is 11.7 Å². The summed E-state index contributed by atoms with van der Waals surface area (Å²) < 4.78 is 15.3. The summed E-state index contributed by atoms with van der Waals surface area (Å²) in [6, 6.07) is 10.5. The average Bonchev–Trinajstić information content (AvgIpc) is 2.83. The number of allylic oxidation sites excluding steroid dienone is 1. The molecule has 0 fully saturated rings. The first kappa shape index (κ1) is 26.0. The fourth-order valence-corrected chi connectivity index (χ4v) is 3.85. The van der Waals surface area contributed by atoms with Gasteiger partial charge in [-0.25, -0.2) is 9.59 Å². The number of rotatable bonds is 8. The van der Waals surface area contributed by atoms with E-state index in [1.165, 1.54) is 7.11 Å². The lowest BCUT2D eigenvalue weighted by atomic mass is 9.94. The number of hydrogen-bond donors (Lipinski definition) is 3. The number of halogens is 1. The van der Waals surface area contributed by atoms with E-state index in [1.807, 2.05) is 0 Å². The molecule has 1 aliphatic rings. The molecule has 1 unspecified atom stereocenters. The number of nitrogens with one attached hydrogen (secondary N) is 3. The first-order valence-electron chi connectivity index (χ1n) is 10.6. The van der Waals surface area contributed by atoms with Crippen LogP contribution in [0, 0.1) is 0 Å². The average molecular weight is 518 g/mol. The third-order valence-corrected chi connectivity index (χ3v) is 5.48. The maximum absolute atomic E-state index is 13.4. The van der Waals surface area contributed by atoms with E-state index >= 15 is 0 Å². The van der Waals surface area contributed by atoms with Crippen molar-refractivity contribution in [2.45, 2.75) is 19.9 Å². The van der Waals surface area contributed by atoms with Crippen LogP contribution in [0.1, 0.15) is 35.8 Å². The number of hydrogen-bond acceptors (Lipinski definition) is 7. The summed E-state index contributed by atoms with van der Waals surface area (Å²) in [5.74, 6) is -1.09. The Kier molecular flexibility index (Phi) is 8.67. The van der Waals surface area contributed by atoms with Gasteiger partial charge in [0, 0.05) is 22.0 Å². The van der Waals surface area contributed by atoms with Crippen LogP contribution >= 0.6 is 23.8 Å². The van der Waals surface area contributed by atoms with E-state index in [9.17, 15) is 14.4 Å². The monoisotopic (exact) mass is 517 g/mol. The Bertz CT molecular complexity index is 1180. The highest BCUT2D eigenvalue weighted by Crippen LogP contribution is 2.35. The molecule has 9 nitrogen and oxygen atoms in total. The summed E-state index contributed by atoms with van der Waals surface area (Å²) in [6.07, 6.45) is 0. The van der Waals surface area contributed by atoms with Crippen molar-refractivity contribution in [1.29, 1.82) is 0 Å². The predicted molar refractivity (Wildman–Crippen MR) is 134 cm³/mol. The number of esters is 2. The van der Waals surface area contributed by atoms with E-state index in [4.69, 9.17) is 33.3 Å². The van der Waals surface area contributed by atoms with Crippen molar-refractivity contribution in [2.75, 3.05) is 25.6 Å². The molecule has 3 rings (SSSR count). The molecule has 184 valence electrons. The van der Waals surface area contributed by atoms with Gasteiger partial charge in [0.1, 0.15) is 5.75 Å². The number of ether oxygens (including phenoxy) is 3. The standard InChI is InChI=1S/C24H24ClN3O6S/c1-4-33-23(31)14-5-8-16(9-6-14)27-22(30)20-13(2)26-24(35)28-21(20)17-11-15(25)7-10-18(17)34-12-19(29)32-3/h5-11,21H,4,12H2,1-3H3,(H,27,30)(H2,26,28,35). The van der Waals surface area contributed by atoms with Gasteiger partial charge in [-0.3, -0.25) is 4.79 Å². The van der Waals surface area contributed by atoms with Crippen LogP contribution in [0.15, 0.2) is 53.7 Å². The number of carbonyl (C=O) groups is 3. The van der Waals surface area contributed by atoms with Gasteiger partial charge in [-0.05, 0) is 68.5 Å². The Morgan fingerprint density at radius 3 is 2.51 bits per heavy atom. The maximum Gasteiger partial charge on any atom is 0.343 e. The Hall–Kier alpha value is -3.63. The number of thiocarbonyl (C=S) groups is 1. The summed E-state index contributed by atoms with van der Waals surface area (Å²) >= 11 is 11.6. The topological polar surface area (TPSA) is 115 Å². The lowest BCUT2D eigenvalue weighted by molar-refractivity contribution is -0.142. The van der Waals surface area contributed by atoms with Crippen LogP contribution in [-0.2, 0) is 19.1 Å². The van der Waals surface area contributed by atoms with E-state index in [0.717, 1.165) is 0 Å². The second kappa shape index (κ2) is 11.7. The van der Waals surface area contributed by atoms with Gasteiger partial charge in [-0.15, -0.1) is 0 Å². The van der Waals surface area contributed by atoms with Gasteiger partial charge in [-0.2, -0.15) is 0 Å². The van der Waals surface area contributed by atoms with Crippen LogP contribution in [0.3, 0.4) is 0 Å². The largest absolute Gasteiger partial charge is 0.482 e. The number of benzene rings is 2. The van der Waals surface area contributed by atoms with Crippen LogP contribution in [0.2, 0.25) is 5.02 Å². The highest BCUT2D eigenvalue weighted by molar-refractivity contribution is 7.80. The first-order valence-corrected chi connectivity index (χ1v) is 11.4. The zero-order valence-corrected chi connectivity index (χ0v) is 20.8. The molecule has 1 atom stereocenters. The van der Waals surface area contributed by atoms with Crippen molar-refractivity contribution in [3.8, 4) is 5.75 Å². The lowest BCUT2D eigenvalue weighted by Crippen LogP contribution is -2.45. The molecule has 35 heavy (non-hydrogen) atoms. The third-order valence-electron chi connectivity index (χ3n) is 5.02. The molecule has 0 saturated carbocycles. The van der Waals surface area contributed by atoms with Crippen molar-refractivity contribution in [1.82, 2.24) is 10.6 Å². The summed E-state index contributed by atoms with van der Waals surface area (Å²) in [7, 11) is 1.26. The van der Waals surface area contributed by atoms with Crippen molar-refractivity contribution in [3.63, 3.8) is 0 Å². The SMILES string of the molecule is CCOC(=O)c1ccc(NC(=O)C2=C(C)NC(=S)NC2c2cc(Cl)ccc2OCC(=O)OC)cc1. The fourth-order valence-electron chi connectivity index (χ4n) is 3.40. The molecule has 11 heteroatoms. The molecule has 0 bridgehead atoms. The minimum atomic E-state index is -0.728. The quantitative estimate of drug-likeness (QED) is 0.357. The van der Waals surface area contributed by atoms with Gasteiger partial charge in [0.2, 0.25) is 0 Å². The Morgan fingerprint density at radius 1 is 1.14 bits per heavy atom. The normalized spacial score (nSPS) is 15.0. The number of amides is 1. The minimum absolute atomic E-state index is 0.267. The van der Waals surface area contributed by atoms with Gasteiger partial charge in [0.25, 0.3) is 5.91 Å². The first-order chi connectivity index (χ1) is 16.7. The number of carbonyl (C=O) groups excluding carboxylic acids is 3. The van der Waals surface area contributed by atoms with Crippen LogP contribution in [0.25, 0.3) is 0 Å². The molecule has 2 aromatic carbocycles. The van der Waals surface area contributed by atoms with Crippen molar-refractivity contribution < 1.29 is 28.6 Å². The summed E-state index contributed by atoms with van der Waals surface area (Å²) in [4.78, 5) is 36.8. The second-order valence-electron chi connectivity index (χ2n) is 7.37. The maximum atomic E-state index is 13.4. The van der Waals surface area contributed by atoms with E-state index < -0.39 is 23.9 Å². The Balaban J connectivity index is 1.91. The van der Waals surface area contributed by atoms with E-state index in [1.54, 1.807) is 56.3 Å². The molecule has 1 heterocycles. The molecule has 1 aliphatic heterocycles. The molecule has 0 saturated heterocycles. The van der Waals surface area contributed by atoms with Gasteiger partial charge in [0.05, 0.1) is 30.9 Å². The zero-order valence-electron chi connectivity index (χ0n) is 19.3. The van der Waals surface area contributed by atoms with Crippen LogP contribution in [0.4, 0.5) is 5.69 Å². The smallest absolute Gasteiger partial charge is 0.343 e. The fraction of sp³-hybridized carbons (Fsp3) is 0.250. The summed E-state index contributed by atoms with van der Waals surface area (Å²) in [5, 5.41) is 9.57. The van der Waals surface area contributed by atoms with Gasteiger partial charge < -0.3 is 30.2 Å². The third kappa shape index (κ3) is 6.49. The highest BCUT2D eigenvalue weighted by Gasteiger charge is 2.32. The minimum Gasteiger partial charge on any atom is -0.482 e. The molecular formula is C24H24ClN3O6S. The molecule has 0 aromatic heterocycles. The molecule has 2 aromatic rings. The van der Waals surface area contributed by atoms with Crippen LogP contribution < -0.4 is 20.7 Å². The molecule has 0 spiro atoms. The molecular weight excluding hydrogens is 494 g/mol. The molecule has 0 radical (unpaired) electrons. The van der Waals surface area contributed by atoms with Crippen LogP contribution in [0.5, 0.6) is 5.75 Å². The van der Waals surface area contributed by atoms with Crippen molar-refractivity contribution in [2.24, 2.45) is 0 Å². The van der Waals surface area contributed by atoms with Crippen molar-refractivity contribution in [3.05, 3.63) is 69.9 Å². The lowest BCUT2D eigenvalue weighted by Gasteiger charge is -2.31. The van der Waals surface area contributed by atoms with Crippen molar-refractivity contribution >= 4 is 52.5 Å². The Morgan fingerprint density at radius 2 is 1.86 bits per heavy atom. The van der Waals surface area contributed by atoms with E-state index in [0.29, 0.717) is 44.0 Å². The molecule has 1 amide bonds. The molecule has 3 N–H and O–H groups in total. The van der Waals surface area contributed by atoms with E-state index in [2.05, 4.69) is 20.7 Å². The predicted octanol–water partition coefficient (Wildman–Crippen LogP) is 3.50. The summed E-state index contributed by atoms with van der Waals surface area (Å²) in [5.41, 5.74) is 2.21. The summed E-state index contributed by atoms with van der Waals surface area (Å²) in [6.45, 7) is 3.39. The number of anilines is 1. The Labute approximate surface area is 212 Å². The van der Waals surface area contributed by atoms with Crippen LogP contribution in [-0.4, -0.2) is 43.3 Å². The van der Waals surface area contributed by atoms with Gasteiger partial charge in [-0.1, -0.05) is 11.6 Å². The van der Waals surface area contributed by atoms with E-state index in [-0.39, 0.29) is 13.2 Å². The molecule has 0 aliphatic carbocycles. The highest BCUT2D eigenvalue weighted by atomic mass is 35.5. The van der Waals surface area contributed by atoms with Gasteiger partial charge >= 0.3 is 11.9 Å². The zero-order chi connectivity index (χ0) is 25.5. The second-order valence-corrected chi connectivity index (χ2v) is 8.21. The number of methoxy groups -OCH3 is 1.